The van der Waals surface area contributed by atoms with Crippen LogP contribution >= 0.6 is 11.3 Å². The molecule has 0 aliphatic heterocycles. The molecule has 0 atom stereocenters. The van der Waals surface area contributed by atoms with Crippen molar-refractivity contribution in [3.05, 3.63) is 16.1 Å². The van der Waals surface area contributed by atoms with Crippen molar-refractivity contribution in [1.29, 1.82) is 0 Å². The van der Waals surface area contributed by atoms with Crippen LogP contribution in [0.25, 0.3) is 0 Å². The normalized spacial score (nSPS) is 10.8. The maximum atomic E-state index is 4.42. The summed E-state index contributed by atoms with van der Waals surface area (Å²) in [7, 11) is 0. The number of thiazole rings is 1. The number of aryl methyl sites for hydroxylation is 1. The Morgan fingerprint density at radius 3 is 2.73 bits per heavy atom. The van der Waals surface area contributed by atoms with Crippen molar-refractivity contribution in [2.45, 2.75) is 26.7 Å². The lowest BCUT2D eigenvalue weighted by Gasteiger charge is -2.03. The third kappa shape index (κ3) is 5.87. The fourth-order valence-electron chi connectivity index (χ4n) is 1.38. The van der Waals surface area contributed by atoms with Gasteiger partial charge in [-0.2, -0.15) is 0 Å². The van der Waals surface area contributed by atoms with Crippen LogP contribution in [-0.4, -0.2) is 31.2 Å². The van der Waals surface area contributed by atoms with Gasteiger partial charge in [0.25, 0.3) is 0 Å². The first-order chi connectivity index (χ1) is 7.33. The third-order valence-electron chi connectivity index (χ3n) is 2.18. The average Bonchev–Trinajstić information content (AvgIpc) is 2.63. The highest BCUT2D eigenvalue weighted by Gasteiger charge is 1.96. The van der Waals surface area contributed by atoms with E-state index in [0.717, 1.165) is 37.6 Å². The molecule has 0 amide bonds. The third-order valence-corrected chi connectivity index (χ3v) is 3.00. The first kappa shape index (κ1) is 12.6. The lowest BCUT2D eigenvalue weighted by Crippen LogP contribution is -2.23. The molecule has 0 spiro atoms. The van der Waals surface area contributed by atoms with Gasteiger partial charge in [0.15, 0.2) is 0 Å². The Hall–Kier alpha value is -0.450. The first-order valence-electron chi connectivity index (χ1n) is 5.65. The van der Waals surface area contributed by atoms with Crippen molar-refractivity contribution in [1.82, 2.24) is 15.6 Å². The van der Waals surface area contributed by atoms with E-state index in [9.17, 15) is 0 Å². The molecule has 1 heterocycles. The largest absolute Gasteiger partial charge is 0.317 e. The Balaban J connectivity index is 1.93. The number of nitrogens with zero attached hydrogens (tertiary/aromatic N) is 1. The second-order valence-electron chi connectivity index (χ2n) is 3.56. The van der Waals surface area contributed by atoms with Gasteiger partial charge in [-0.05, 0) is 33.0 Å². The molecule has 1 rings (SSSR count). The molecule has 0 bridgehead atoms. The van der Waals surface area contributed by atoms with Gasteiger partial charge in [0, 0.05) is 18.3 Å². The predicted molar refractivity (Wildman–Crippen MR) is 66.6 cm³/mol. The minimum Gasteiger partial charge on any atom is -0.317 e. The second-order valence-corrected chi connectivity index (χ2v) is 4.63. The second kappa shape index (κ2) is 7.79. The predicted octanol–water partition coefficient (Wildman–Crippen LogP) is 1.58. The molecule has 15 heavy (non-hydrogen) atoms. The zero-order valence-corrected chi connectivity index (χ0v) is 10.5. The SMILES string of the molecule is CCNCCCNCCc1csc(C)n1. The lowest BCUT2D eigenvalue weighted by molar-refractivity contribution is 0.605. The minimum absolute atomic E-state index is 1.04. The standard InChI is InChI=1S/C11H21N3S/c1-3-12-6-4-7-13-8-5-11-9-15-10(2)14-11/h9,12-13H,3-8H2,1-2H3. The zero-order chi connectivity index (χ0) is 10.9. The Morgan fingerprint density at radius 1 is 1.27 bits per heavy atom. The summed E-state index contributed by atoms with van der Waals surface area (Å²) in [6.45, 7) is 8.50. The van der Waals surface area contributed by atoms with Crippen molar-refractivity contribution in [3.8, 4) is 0 Å². The summed E-state index contributed by atoms with van der Waals surface area (Å²) >= 11 is 1.73. The van der Waals surface area contributed by atoms with Crippen LogP contribution < -0.4 is 10.6 Å². The number of hydrogen-bond donors (Lipinski definition) is 2. The number of aromatic nitrogens is 1. The molecule has 1 aromatic heterocycles. The van der Waals surface area contributed by atoms with Crippen molar-refractivity contribution in [2.75, 3.05) is 26.2 Å². The molecule has 0 saturated heterocycles. The molecular weight excluding hydrogens is 206 g/mol. The maximum Gasteiger partial charge on any atom is 0.0897 e. The van der Waals surface area contributed by atoms with Crippen LogP contribution in [0.3, 0.4) is 0 Å². The topological polar surface area (TPSA) is 37.0 Å². The van der Waals surface area contributed by atoms with Gasteiger partial charge in [0.1, 0.15) is 0 Å². The Morgan fingerprint density at radius 2 is 2.07 bits per heavy atom. The monoisotopic (exact) mass is 227 g/mol. The van der Waals surface area contributed by atoms with Gasteiger partial charge in [0.2, 0.25) is 0 Å². The lowest BCUT2D eigenvalue weighted by atomic mass is 10.3. The van der Waals surface area contributed by atoms with E-state index in [2.05, 4.69) is 34.8 Å². The van der Waals surface area contributed by atoms with Crippen LogP contribution in [-0.2, 0) is 6.42 Å². The molecule has 0 aliphatic rings. The van der Waals surface area contributed by atoms with Crippen molar-refractivity contribution < 1.29 is 0 Å². The van der Waals surface area contributed by atoms with Crippen molar-refractivity contribution in [3.63, 3.8) is 0 Å². The van der Waals surface area contributed by atoms with E-state index < -0.39 is 0 Å². The summed E-state index contributed by atoms with van der Waals surface area (Å²) in [6.07, 6.45) is 2.25. The van der Waals surface area contributed by atoms with Gasteiger partial charge in [-0.3, -0.25) is 0 Å². The van der Waals surface area contributed by atoms with Gasteiger partial charge < -0.3 is 10.6 Å². The summed E-state index contributed by atoms with van der Waals surface area (Å²) in [6, 6.07) is 0. The Labute approximate surface area is 96.3 Å². The highest BCUT2D eigenvalue weighted by molar-refractivity contribution is 7.09. The molecule has 0 unspecified atom stereocenters. The smallest absolute Gasteiger partial charge is 0.0897 e. The fourth-order valence-corrected chi connectivity index (χ4v) is 2.03. The highest BCUT2D eigenvalue weighted by atomic mass is 32.1. The number of rotatable bonds is 8. The van der Waals surface area contributed by atoms with Gasteiger partial charge >= 0.3 is 0 Å². The molecule has 3 nitrogen and oxygen atoms in total. The van der Waals surface area contributed by atoms with Crippen LogP contribution in [0.2, 0.25) is 0 Å². The average molecular weight is 227 g/mol. The zero-order valence-electron chi connectivity index (χ0n) is 9.68. The van der Waals surface area contributed by atoms with E-state index in [-0.39, 0.29) is 0 Å². The van der Waals surface area contributed by atoms with E-state index in [1.807, 2.05) is 0 Å². The molecule has 4 heteroatoms. The van der Waals surface area contributed by atoms with E-state index in [1.54, 1.807) is 11.3 Å². The molecule has 0 aromatic carbocycles. The Bertz CT molecular complexity index is 260. The molecule has 0 radical (unpaired) electrons. The van der Waals surface area contributed by atoms with Crippen molar-refractivity contribution in [2.24, 2.45) is 0 Å². The first-order valence-corrected chi connectivity index (χ1v) is 6.53. The van der Waals surface area contributed by atoms with Gasteiger partial charge in [0.05, 0.1) is 10.7 Å². The number of hydrogen-bond acceptors (Lipinski definition) is 4. The van der Waals surface area contributed by atoms with E-state index in [4.69, 9.17) is 0 Å². The minimum atomic E-state index is 1.04. The van der Waals surface area contributed by atoms with Crippen LogP contribution in [0.5, 0.6) is 0 Å². The molecule has 0 aliphatic carbocycles. The van der Waals surface area contributed by atoms with Gasteiger partial charge in [-0.1, -0.05) is 6.92 Å². The van der Waals surface area contributed by atoms with Gasteiger partial charge in [-0.15, -0.1) is 11.3 Å². The van der Waals surface area contributed by atoms with E-state index >= 15 is 0 Å². The van der Waals surface area contributed by atoms with E-state index in [0.29, 0.717) is 0 Å². The summed E-state index contributed by atoms with van der Waals surface area (Å²) in [5.74, 6) is 0. The highest BCUT2D eigenvalue weighted by Crippen LogP contribution is 2.07. The fraction of sp³-hybridized carbons (Fsp3) is 0.727. The quantitative estimate of drug-likeness (QED) is 0.662. The summed E-state index contributed by atoms with van der Waals surface area (Å²) in [4.78, 5) is 4.42. The molecule has 2 N–H and O–H groups in total. The molecule has 1 aromatic rings. The van der Waals surface area contributed by atoms with Crippen LogP contribution in [0, 0.1) is 6.92 Å². The maximum absolute atomic E-state index is 4.42. The molecular formula is C11H21N3S. The summed E-state index contributed by atoms with van der Waals surface area (Å²) < 4.78 is 0. The molecule has 0 saturated carbocycles. The molecule has 86 valence electrons. The summed E-state index contributed by atoms with van der Waals surface area (Å²) in [5, 5.41) is 10.0. The molecule has 0 fully saturated rings. The Kier molecular flexibility index (Phi) is 6.55. The van der Waals surface area contributed by atoms with Crippen LogP contribution in [0.1, 0.15) is 24.0 Å². The van der Waals surface area contributed by atoms with Crippen LogP contribution in [0.4, 0.5) is 0 Å². The van der Waals surface area contributed by atoms with Gasteiger partial charge in [-0.25, -0.2) is 4.98 Å². The van der Waals surface area contributed by atoms with Crippen molar-refractivity contribution >= 4 is 11.3 Å². The summed E-state index contributed by atoms with van der Waals surface area (Å²) in [5.41, 5.74) is 1.22. The number of nitrogens with one attached hydrogen (secondary N) is 2. The van der Waals surface area contributed by atoms with E-state index in [1.165, 1.54) is 12.1 Å². The van der Waals surface area contributed by atoms with Crippen LogP contribution in [0.15, 0.2) is 5.38 Å².